The van der Waals surface area contributed by atoms with E-state index in [0.29, 0.717) is 21.3 Å². The van der Waals surface area contributed by atoms with Gasteiger partial charge in [0.15, 0.2) is 0 Å². The molecule has 0 saturated heterocycles. The number of aryl methyl sites for hydroxylation is 1. The Morgan fingerprint density at radius 2 is 1.82 bits per heavy atom. The number of hydrogen-bond acceptors (Lipinski definition) is 5. The number of benzene rings is 2. The van der Waals surface area contributed by atoms with Gasteiger partial charge in [-0.1, -0.05) is 37.6 Å². The number of fused-ring (bicyclic) bond motifs is 1. The van der Waals surface area contributed by atoms with Gasteiger partial charge in [-0.25, -0.2) is 0 Å². The molecular weight excluding hydrogens is 434 g/mol. The number of nitrogens with one attached hydrogen (secondary N) is 1. The van der Waals surface area contributed by atoms with Crippen molar-refractivity contribution in [3.05, 3.63) is 78.7 Å². The van der Waals surface area contributed by atoms with Crippen molar-refractivity contribution in [2.75, 3.05) is 25.0 Å². The summed E-state index contributed by atoms with van der Waals surface area (Å²) in [6, 6.07) is 12.6. The van der Waals surface area contributed by atoms with Crippen molar-refractivity contribution in [2.24, 2.45) is 0 Å². The summed E-state index contributed by atoms with van der Waals surface area (Å²) in [7, 11) is 0. The first-order valence-corrected chi connectivity index (χ1v) is 12.1. The largest absolute Gasteiger partial charge is 0.508 e. The lowest BCUT2D eigenvalue weighted by Gasteiger charge is -2.17. The minimum atomic E-state index is -0.175. The highest BCUT2D eigenvalue weighted by Crippen LogP contribution is 2.30. The molecule has 2 heterocycles. The van der Waals surface area contributed by atoms with Gasteiger partial charge >= 0.3 is 0 Å². The fourth-order valence-electron chi connectivity index (χ4n) is 4.12. The second kappa shape index (κ2) is 9.77. The molecule has 0 radical (unpaired) electrons. The molecule has 172 valence electrons. The van der Waals surface area contributed by atoms with Crippen molar-refractivity contribution in [3.63, 3.8) is 0 Å². The standard InChI is InChI=1S/C26H29N3O3S/c1-4-28(5-2)13-6-14-29-25(32)22(16-18-8-10-19(30)11-9-18)33-26(29)23-20-15-17(3)7-12-21(20)27-24(23)31/h7-12,15-16,30H,4-6,13-14H2,1-3H3,(H,27,31)/b22-16+,26-23+. The topological polar surface area (TPSA) is 74.6 Å². The summed E-state index contributed by atoms with van der Waals surface area (Å²) < 4.78 is 3.01. The number of thiazole rings is 1. The van der Waals surface area contributed by atoms with E-state index in [0.717, 1.165) is 48.4 Å². The third-order valence-corrected chi connectivity index (χ3v) is 7.11. The lowest BCUT2D eigenvalue weighted by molar-refractivity contribution is -0.110. The fourth-order valence-corrected chi connectivity index (χ4v) is 5.31. The molecule has 0 unspecified atom stereocenters. The van der Waals surface area contributed by atoms with Gasteiger partial charge < -0.3 is 15.3 Å². The highest BCUT2D eigenvalue weighted by atomic mass is 32.1. The number of aromatic hydroxyl groups is 1. The van der Waals surface area contributed by atoms with E-state index in [1.807, 2.05) is 31.2 Å². The van der Waals surface area contributed by atoms with E-state index in [-0.39, 0.29) is 17.2 Å². The highest BCUT2D eigenvalue weighted by Gasteiger charge is 2.27. The molecule has 4 rings (SSSR count). The van der Waals surface area contributed by atoms with Crippen LogP contribution in [-0.4, -0.2) is 40.1 Å². The lowest BCUT2D eigenvalue weighted by atomic mass is 10.1. The Balaban J connectivity index is 1.88. The minimum Gasteiger partial charge on any atom is -0.508 e. The molecule has 1 aliphatic rings. The SMILES string of the molecule is CCN(CC)CCCn1c(=O)/c(=C\c2ccc(O)cc2)s/c1=C1/C(=O)Nc2ccc(C)cc21. The van der Waals surface area contributed by atoms with Gasteiger partial charge in [-0.2, -0.15) is 0 Å². The van der Waals surface area contributed by atoms with Crippen LogP contribution in [0.3, 0.4) is 0 Å². The zero-order valence-corrected chi connectivity index (χ0v) is 20.0. The third kappa shape index (κ3) is 4.79. The average molecular weight is 464 g/mol. The van der Waals surface area contributed by atoms with Crippen molar-refractivity contribution in [1.82, 2.24) is 9.47 Å². The maximum atomic E-state index is 13.5. The quantitative estimate of drug-likeness (QED) is 0.565. The van der Waals surface area contributed by atoms with Gasteiger partial charge in [0, 0.05) is 17.8 Å². The van der Waals surface area contributed by atoms with E-state index in [1.54, 1.807) is 28.8 Å². The molecule has 0 spiro atoms. The molecule has 0 bridgehead atoms. The van der Waals surface area contributed by atoms with Crippen LogP contribution in [0.4, 0.5) is 5.69 Å². The Morgan fingerprint density at radius 3 is 2.52 bits per heavy atom. The number of phenols is 1. The first-order chi connectivity index (χ1) is 15.9. The molecule has 2 N–H and O–H groups in total. The predicted molar refractivity (Wildman–Crippen MR) is 134 cm³/mol. The molecule has 0 atom stereocenters. The summed E-state index contributed by atoms with van der Waals surface area (Å²) in [5.74, 6) is 0.00326. The summed E-state index contributed by atoms with van der Waals surface area (Å²) in [6.45, 7) is 9.63. The van der Waals surface area contributed by atoms with Gasteiger partial charge in [0.25, 0.3) is 11.5 Å². The molecular formula is C26H29N3O3S. The number of phenolic OH excluding ortho intramolecular Hbond substituents is 1. The van der Waals surface area contributed by atoms with Crippen LogP contribution in [0, 0.1) is 6.92 Å². The van der Waals surface area contributed by atoms with E-state index in [2.05, 4.69) is 24.1 Å². The molecule has 3 aromatic rings. The van der Waals surface area contributed by atoms with E-state index < -0.39 is 0 Å². The van der Waals surface area contributed by atoms with Crippen LogP contribution in [0.25, 0.3) is 11.6 Å². The van der Waals surface area contributed by atoms with Crippen molar-refractivity contribution in [3.8, 4) is 5.75 Å². The molecule has 1 aliphatic heterocycles. The maximum Gasteiger partial charge on any atom is 0.269 e. The Labute approximate surface area is 197 Å². The van der Waals surface area contributed by atoms with Crippen LogP contribution >= 0.6 is 11.3 Å². The fraction of sp³-hybridized carbons (Fsp3) is 0.308. The number of hydrogen-bond donors (Lipinski definition) is 2. The second-order valence-electron chi connectivity index (χ2n) is 8.22. The second-order valence-corrected chi connectivity index (χ2v) is 9.25. The molecule has 1 aromatic heterocycles. The molecule has 7 heteroatoms. The Kier molecular flexibility index (Phi) is 6.81. The number of anilines is 1. The van der Waals surface area contributed by atoms with Crippen molar-refractivity contribution in [2.45, 2.75) is 33.7 Å². The van der Waals surface area contributed by atoms with E-state index in [4.69, 9.17) is 0 Å². The minimum absolute atomic E-state index is 0.0935. The Bertz CT molecular complexity index is 1350. The summed E-state index contributed by atoms with van der Waals surface area (Å²) in [5, 5.41) is 12.5. The molecule has 0 aliphatic carbocycles. The number of carbonyl (C=O) groups excluding carboxylic acids is 1. The third-order valence-electron chi connectivity index (χ3n) is 5.98. The van der Waals surface area contributed by atoms with Crippen LogP contribution in [-0.2, 0) is 11.3 Å². The number of amides is 1. The van der Waals surface area contributed by atoms with Crippen LogP contribution in [0.15, 0.2) is 47.3 Å². The molecule has 2 aromatic carbocycles. The normalized spacial score (nSPS) is 15.3. The average Bonchev–Trinajstić information content (AvgIpc) is 3.28. The molecule has 6 nitrogen and oxygen atoms in total. The van der Waals surface area contributed by atoms with E-state index in [9.17, 15) is 14.7 Å². The van der Waals surface area contributed by atoms with Gasteiger partial charge in [-0.15, -0.1) is 11.3 Å². The smallest absolute Gasteiger partial charge is 0.269 e. The van der Waals surface area contributed by atoms with Crippen molar-refractivity contribution >= 4 is 34.6 Å². The molecule has 0 saturated carbocycles. The zero-order chi connectivity index (χ0) is 23.5. The summed E-state index contributed by atoms with van der Waals surface area (Å²) >= 11 is 1.35. The van der Waals surface area contributed by atoms with Gasteiger partial charge in [0.05, 0.1) is 10.1 Å². The zero-order valence-electron chi connectivity index (χ0n) is 19.2. The van der Waals surface area contributed by atoms with Crippen molar-refractivity contribution < 1.29 is 9.90 Å². The van der Waals surface area contributed by atoms with Crippen molar-refractivity contribution in [1.29, 1.82) is 0 Å². The lowest BCUT2D eigenvalue weighted by Crippen LogP contribution is -2.34. The first kappa shape index (κ1) is 23.0. The molecule has 0 fully saturated rings. The van der Waals surface area contributed by atoms with Gasteiger partial charge in [-0.3, -0.25) is 14.2 Å². The van der Waals surface area contributed by atoms with Gasteiger partial charge in [0.1, 0.15) is 10.4 Å². The Hall–Kier alpha value is -3.16. The number of rotatable bonds is 7. The van der Waals surface area contributed by atoms with Crippen LogP contribution in [0.2, 0.25) is 0 Å². The van der Waals surface area contributed by atoms with Gasteiger partial charge in [0.2, 0.25) is 0 Å². The van der Waals surface area contributed by atoms with Crippen LogP contribution in [0.5, 0.6) is 5.75 Å². The summed E-state index contributed by atoms with van der Waals surface area (Å²) in [5.41, 5.74) is 3.97. The predicted octanol–water partition coefficient (Wildman–Crippen LogP) is 2.64. The summed E-state index contributed by atoms with van der Waals surface area (Å²) in [6.07, 6.45) is 2.64. The highest BCUT2D eigenvalue weighted by molar-refractivity contribution is 7.07. The van der Waals surface area contributed by atoms with E-state index in [1.165, 1.54) is 11.3 Å². The Morgan fingerprint density at radius 1 is 1.09 bits per heavy atom. The first-order valence-electron chi connectivity index (χ1n) is 11.3. The maximum absolute atomic E-state index is 13.5. The van der Waals surface area contributed by atoms with Crippen LogP contribution in [0.1, 0.15) is 37.0 Å². The van der Waals surface area contributed by atoms with Gasteiger partial charge in [-0.05, 0) is 68.9 Å². The molecule has 33 heavy (non-hydrogen) atoms. The van der Waals surface area contributed by atoms with E-state index >= 15 is 0 Å². The summed E-state index contributed by atoms with van der Waals surface area (Å²) in [4.78, 5) is 28.8. The molecule has 1 amide bonds. The number of nitrogens with zero attached hydrogens (tertiary/aromatic N) is 2. The number of carbonyl (C=O) groups is 1. The van der Waals surface area contributed by atoms with Crippen LogP contribution < -0.4 is 20.1 Å². The number of aromatic nitrogens is 1. The monoisotopic (exact) mass is 463 g/mol.